The normalized spacial score (nSPS) is 14.0. The fraction of sp³-hybridized carbons (Fsp3) is 0.438. The predicted octanol–water partition coefficient (Wildman–Crippen LogP) is 3.31. The Morgan fingerprint density at radius 2 is 1.86 bits per heavy atom. The first-order chi connectivity index (χ1) is 10.3. The minimum absolute atomic E-state index is 0.552. The highest BCUT2D eigenvalue weighted by Gasteiger charge is 2.21. The maximum atomic E-state index is 4.50. The van der Waals surface area contributed by atoms with Crippen molar-refractivity contribution < 1.29 is 0 Å². The van der Waals surface area contributed by atoms with Crippen LogP contribution < -0.4 is 10.6 Å². The van der Waals surface area contributed by atoms with E-state index in [0.717, 1.165) is 24.3 Å². The summed E-state index contributed by atoms with van der Waals surface area (Å²) in [5, 5.41) is 14.8. The Labute approximate surface area is 125 Å². The van der Waals surface area contributed by atoms with Crippen LogP contribution in [-0.4, -0.2) is 21.2 Å². The average Bonchev–Trinajstić information content (AvgIpc) is 3.32. The maximum Gasteiger partial charge on any atom is 0.249 e. The second kappa shape index (κ2) is 6.08. The topological polar surface area (TPSA) is 62.7 Å². The molecule has 1 aromatic heterocycles. The van der Waals surface area contributed by atoms with Gasteiger partial charge in [0.2, 0.25) is 5.95 Å². The second-order valence-electron chi connectivity index (χ2n) is 5.37. The van der Waals surface area contributed by atoms with Crippen molar-refractivity contribution in [1.82, 2.24) is 15.2 Å². The third-order valence-electron chi connectivity index (χ3n) is 3.72. The van der Waals surface area contributed by atoms with E-state index in [0.29, 0.717) is 12.0 Å². The van der Waals surface area contributed by atoms with E-state index < -0.39 is 0 Å². The van der Waals surface area contributed by atoms with E-state index in [4.69, 9.17) is 0 Å². The van der Waals surface area contributed by atoms with Gasteiger partial charge < -0.3 is 10.6 Å². The van der Waals surface area contributed by atoms with Crippen LogP contribution in [0.5, 0.6) is 0 Å². The van der Waals surface area contributed by atoms with Crippen LogP contribution in [0, 0.1) is 0 Å². The second-order valence-corrected chi connectivity index (χ2v) is 5.37. The molecule has 3 rings (SSSR count). The summed E-state index contributed by atoms with van der Waals surface area (Å²) in [5.74, 6) is 1.35. The molecule has 1 aliphatic rings. The van der Waals surface area contributed by atoms with E-state index in [1.165, 1.54) is 24.0 Å². The molecular weight excluding hydrogens is 262 g/mol. The van der Waals surface area contributed by atoms with Crippen molar-refractivity contribution >= 4 is 17.5 Å². The Hall–Kier alpha value is -2.17. The van der Waals surface area contributed by atoms with E-state index in [2.05, 4.69) is 57.9 Å². The van der Waals surface area contributed by atoms with Crippen LogP contribution in [0.4, 0.5) is 17.5 Å². The van der Waals surface area contributed by atoms with Crippen LogP contribution in [0.2, 0.25) is 0 Å². The standard InChI is InChI=1S/C16H21N5/c1-3-11-6-5-7-12(4-2)15(11)20-16-19-14(10-17-21-16)18-13-8-9-13/h5-7,10,13H,3-4,8-9H2,1-2H3,(H2,18,19,20,21). The number of aromatic nitrogens is 3. The molecule has 1 aliphatic carbocycles. The molecule has 21 heavy (non-hydrogen) atoms. The van der Waals surface area contributed by atoms with Gasteiger partial charge in [-0.2, -0.15) is 10.1 Å². The van der Waals surface area contributed by atoms with Crippen molar-refractivity contribution in [3.05, 3.63) is 35.5 Å². The number of benzene rings is 1. The molecule has 0 aliphatic heterocycles. The molecule has 110 valence electrons. The molecule has 1 heterocycles. The van der Waals surface area contributed by atoms with Crippen molar-refractivity contribution in [1.29, 1.82) is 0 Å². The lowest BCUT2D eigenvalue weighted by Crippen LogP contribution is -2.08. The highest BCUT2D eigenvalue weighted by molar-refractivity contribution is 5.64. The Balaban J connectivity index is 1.85. The molecule has 5 heteroatoms. The first kappa shape index (κ1) is 13.8. The SMILES string of the molecule is CCc1cccc(CC)c1Nc1nncc(NC2CC2)n1. The van der Waals surface area contributed by atoms with Crippen molar-refractivity contribution in [2.75, 3.05) is 10.6 Å². The lowest BCUT2D eigenvalue weighted by molar-refractivity contribution is 0.961. The number of hydrogen-bond donors (Lipinski definition) is 2. The molecule has 0 unspecified atom stereocenters. The molecular formula is C16H21N5. The Morgan fingerprint density at radius 1 is 1.14 bits per heavy atom. The van der Waals surface area contributed by atoms with Crippen molar-refractivity contribution in [3.63, 3.8) is 0 Å². The van der Waals surface area contributed by atoms with Crippen LogP contribution in [0.15, 0.2) is 24.4 Å². The van der Waals surface area contributed by atoms with Gasteiger partial charge in [0.15, 0.2) is 5.82 Å². The van der Waals surface area contributed by atoms with Crippen molar-refractivity contribution in [2.45, 2.75) is 45.6 Å². The zero-order chi connectivity index (χ0) is 14.7. The number of nitrogens with one attached hydrogen (secondary N) is 2. The summed E-state index contributed by atoms with van der Waals surface area (Å²) in [6.45, 7) is 4.31. The van der Waals surface area contributed by atoms with Crippen molar-refractivity contribution in [3.8, 4) is 0 Å². The summed E-state index contributed by atoms with van der Waals surface area (Å²) in [6.07, 6.45) is 6.06. The molecule has 1 fully saturated rings. The monoisotopic (exact) mass is 283 g/mol. The lowest BCUT2D eigenvalue weighted by atomic mass is 10.0. The van der Waals surface area contributed by atoms with Crippen molar-refractivity contribution in [2.24, 2.45) is 0 Å². The van der Waals surface area contributed by atoms with Crippen LogP contribution >= 0.6 is 0 Å². The summed E-state index contributed by atoms with van der Waals surface area (Å²) in [7, 11) is 0. The number of aryl methyl sites for hydroxylation is 2. The van der Waals surface area contributed by atoms with Crippen LogP contribution in [0.25, 0.3) is 0 Å². The van der Waals surface area contributed by atoms with Gasteiger partial charge in [0.05, 0.1) is 6.20 Å². The zero-order valence-electron chi connectivity index (χ0n) is 12.6. The third-order valence-corrected chi connectivity index (χ3v) is 3.72. The molecule has 5 nitrogen and oxygen atoms in total. The average molecular weight is 283 g/mol. The Kier molecular flexibility index (Phi) is 3.99. The third kappa shape index (κ3) is 3.29. The van der Waals surface area contributed by atoms with Gasteiger partial charge in [-0.25, -0.2) is 0 Å². The summed E-state index contributed by atoms with van der Waals surface area (Å²) in [6, 6.07) is 6.94. The summed E-state index contributed by atoms with van der Waals surface area (Å²) in [4.78, 5) is 4.50. The fourth-order valence-electron chi connectivity index (χ4n) is 2.38. The van der Waals surface area contributed by atoms with E-state index in [1.54, 1.807) is 6.20 Å². The van der Waals surface area contributed by atoms with E-state index >= 15 is 0 Å². The first-order valence-corrected chi connectivity index (χ1v) is 7.64. The van der Waals surface area contributed by atoms with E-state index in [9.17, 15) is 0 Å². The summed E-state index contributed by atoms with van der Waals surface area (Å²) >= 11 is 0. The molecule has 0 bridgehead atoms. The molecule has 0 amide bonds. The number of rotatable bonds is 6. The fourth-order valence-corrected chi connectivity index (χ4v) is 2.38. The lowest BCUT2D eigenvalue weighted by Gasteiger charge is -2.14. The molecule has 0 atom stereocenters. The summed E-state index contributed by atoms with van der Waals surface area (Å²) in [5.41, 5.74) is 3.67. The van der Waals surface area contributed by atoms with Gasteiger partial charge in [0, 0.05) is 11.7 Å². The number of hydrogen-bond acceptors (Lipinski definition) is 5. The Bertz CT molecular complexity index is 600. The van der Waals surface area contributed by atoms with Gasteiger partial charge in [-0.05, 0) is 36.8 Å². The van der Waals surface area contributed by atoms with Gasteiger partial charge in [0.25, 0.3) is 0 Å². The summed E-state index contributed by atoms with van der Waals surface area (Å²) < 4.78 is 0. The largest absolute Gasteiger partial charge is 0.366 e. The number of para-hydroxylation sites is 1. The molecule has 0 radical (unpaired) electrons. The zero-order valence-corrected chi connectivity index (χ0v) is 12.6. The Morgan fingerprint density at radius 3 is 2.48 bits per heavy atom. The molecule has 1 saturated carbocycles. The van der Waals surface area contributed by atoms with E-state index in [1.807, 2.05) is 0 Å². The maximum absolute atomic E-state index is 4.50. The smallest absolute Gasteiger partial charge is 0.249 e. The molecule has 2 N–H and O–H groups in total. The molecule has 1 aromatic carbocycles. The van der Waals surface area contributed by atoms with Gasteiger partial charge in [-0.15, -0.1) is 5.10 Å². The quantitative estimate of drug-likeness (QED) is 0.851. The highest BCUT2D eigenvalue weighted by atomic mass is 15.3. The number of anilines is 3. The minimum Gasteiger partial charge on any atom is -0.366 e. The van der Waals surface area contributed by atoms with Crippen LogP contribution in [-0.2, 0) is 12.8 Å². The minimum atomic E-state index is 0.552. The number of nitrogens with zero attached hydrogens (tertiary/aromatic N) is 3. The van der Waals surface area contributed by atoms with Gasteiger partial charge >= 0.3 is 0 Å². The van der Waals surface area contributed by atoms with Gasteiger partial charge in [0.1, 0.15) is 0 Å². The molecule has 0 spiro atoms. The van der Waals surface area contributed by atoms with Crippen LogP contribution in [0.1, 0.15) is 37.8 Å². The van der Waals surface area contributed by atoms with Crippen LogP contribution in [0.3, 0.4) is 0 Å². The van der Waals surface area contributed by atoms with E-state index in [-0.39, 0.29) is 0 Å². The molecule has 2 aromatic rings. The van der Waals surface area contributed by atoms with Gasteiger partial charge in [-0.3, -0.25) is 0 Å². The highest BCUT2D eigenvalue weighted by Crippen LogP contribution is 2.26. The first-order valence-electron chi connectivity index (χ1n) is 7.64. The predicted molar refractivity (Wildman–Crippen MR) is 85.0 cm³/mol. The molecule has 0 saturated heterocycles. The van der Waals surface area contributed by atoms with Gasteiger partial charge in [-0.1, -0.05) is 32.0 Å².